The summed E-state index contributed by atoms with van der Waals surface area (Å²) in [5, 5.41) is 5.47. The van der Waals surface area contributed by atoms with Gasteiger partial charge in [-0.1, -0.05) is 55.2 Å². The van der Waals surface area contributed by atoms with Gasteiger partial charge in [-0.15, -0.1) is 0 Å². The fraction of sp³-hybridized carbons (Fsp3) is 0.241. The van der Waals surface area contributed by atoms with Crippen LogP contribution >= 0.6 is 35.4 Å². The van der Waals surface area contributed by atoms with Crippen molar-refractivity contribution in [3.8, 4) is 5.69 Å². The van der Waals surface area contributed by atoms with Gasteiger partial charge in [0.25, 0.3) is 0 Å². The molecule has 0 saturated carbocycles. The molecule has 184 valence electrons. The first kappa shape index (κ1) is 24.8. The Morgan fingerprint density at radius 1 is 0.972 bits per heavy atom. The van der Waals surface area contributed by atoms with Crippen LogP contribution in [0.3, 0.4) is 0 Å². The zero-order valence-corrected chi connectivity index (χ0v) is 23.0. The highest BCUT2D eigenvalue weighted by Crippen LogP contribution is 2.44. The van der Waals surface area contributed by atoms with Crippen LogP contribution in [-0.4, -0.2) is 14.7 Å². The predicted octanol–water partition coefficient (Wildman–Crippen LogP) is 8.10. The van der Waals surface area contributed by atoms with Crippen molar-refractivity contribution in [1.29, 1.82) is 0 Å². The number of thiocarbonyl (C=S) groups is 1. The summed E-state index contributed by atoms with van der Waals surface area (Å²) in [6.07, 6.45) is 1.83. The van der Waals surface area contributed by atoms with Crippen molar-refractivity contribution in [1.82, 2.24) is 14.9 Å². The number of nitrogens with zero attached hydrogens (tertiary/aromatic N) is 3. The number of aromatic nitrogens is 2. The largest absolute Gasteiger partial charge is 0.351 e. The van der Waals surface area contributed by atoms with Gasteiger partial charge in [0.15, 0.2) is 5.11 Å². The molecule has 1 aliphatic rings. The first-order chi connectivity index (χ1) is 17.3. The number of rotatable bonds is 5. The molecule has 1 fully saturated rings. The van der Waals surface area contributed by atoms with E-state index in [0.717, 1.165) is 34.0 Å². The molecular formula is C29H28Cl2N4S. The predicted molar refractivity (Wildman–Crippen MR) is 154 cm³/mol. The standard InChI is InChI=1S/C29H28Cl2N4S/c1-17(2)20-8-11-22(12-9-20)35-28(27(33-29(35)36)25-7-5-6-14-32-25)23-15-18(3)34(19(23)4)26-13-10-21(30)16-24(26)31/h5-17,27-28H,1-4H3,(H,33,36). The van der Waals surface area contributed by atoms with Crippen LogP contribution in [0.1, 0.15) is 60.1 Å². The number of benzene rings is 2. The van der Waals surface area contributed by atoms with Crippen LogP contribution < -0.4 is 10.2 Å². The lowest BCUT2D eigenvalue weighted by Gasteiger charge is -2.28. The Morgan fingerprint density at radius 2 is 1.72 bits per heavy atom. The van der Waals surface area contributed by atoms with Gasteiger partial charge < -0.3 is 14.8 Å². The molecular weight excluding hydrogens is 507 g/mol. The maximum Gasteiger partial charge on any atom is 0.174 e. The fourth-order valence-corrected chi connectivity index (χ4v) is 5.93. The van der Waals surface area contributed by atoms with Crippen LogP contribution in [-0.2, 0) is 0 Å². The molecule has 4 nitrogen and oxygen atoms in total. The van der Waals surface area contributed by atoms with Crippen molar-refractivity contribution in [2.24, 2.45) is 0 Å². The number of nitrogens with one attached hydrogen (secondary N) is 1. The third kappa shape index (κ3) is 4.40. The van der Waals surface area contributed by atoms with Gasteiger partial charge in [0.1, 0.15) is 0 Å². The minimum atomic E-state index is -0.113. The molecule has 1 saturated heterocycles. The van der Waals surface area contributed by atoms with E-state index in [4.69, 9.17) is 35.4 Å². The molecule has 2 unspecified atom stereocenters. The summed E-state index contributed by atoms with van der Waals surface area (Å²) in [4.78, 5) is 6.90. The quantitative estimate of drug-likeness (QED) is 0.262. The number of hydrogen-bond acceptors (Lipinski definition) is 2. The molecule has 7 heteroatoms. The molecule has 0 amide bonds. The molecule has 1 N–H and O–H groups in total. The van der Waals surface area contributed by atoms with Gasteiger partial charge in [0, 0.05) is 28.3 Å². The van der Waals surface area contributed by atoms with E-state index in [1.54, 1.807) is 6.07 Å². The molecule has 0 spiro atoms. The molecule has 4 aromatic rings. The Kier molecular flexibility index (Phi) is 6.82. The van der Waals surface area contributed by atoms with E-state index in [1.165, 1.54) is 5.56 Å². The summed E-state index contributed by atoms with van der Waals surface area (Å²) < 4.78 is 2.19. The number of pyridine rings is 1. The molecule has 0 radical (unpaired) electrons. The van der Waals surface area contributed by atoms with Crippen LogP contribution in [0.15, 0.2) is 72.9 Å². The van der Waals surface area contributed by atoms with Crippen LogP contribution in [0.5, 0.6) is 0 Å². The third-order valence-corrected chi connectivity index (χ3v) is 7.73. The Labute approximate surface area is 227 Å². The highest BCUT2D eigenvalue weighted by molar-refractivity contribution is 7.80. The maximum atomic E-state index is 6.63. The topological polar surface area (TPSA) is 33.1 Å². The van der Waals surface area contributed by atoms with E-state index < -0.39 is 0 Å². The first-order valence-electron chi connectivity index (χ1n) is 12.0. The molecule has 2 aromatic heterocycles. The fourth-order valence-electron chi connectivity index (χ4n) is 5.09. The molecule has 1 aliphatic heterocycles. The number of halogens is 2. The monoisotopic (exact) mass is 534 g/mol. The zero-order chi connectivity index (χ0) is 25.6. The highest BCUT2D eigenvalue weighted by Gasteiger charge is 2.42. The summed E-state index contributed by atoms with van der Waals surface area (Å²) in [6.45, 7) is 8.63. The maximum absolute atomic E-state index is 6.63. The van der Waals surface area contributed by atoms with Gasteiger partial charge in [-0.2, -0.15) is 0 Å². The van der Waals surface area contributed by atoms with E-state index >= 15 is 0 Å². The van der Waals surface area contributed by atoms with Crippen LogP contribution in [0.25, 0.3) is 5.69 Å². The minimum absolute atomic E-state index is 0.0941. The SMILES string of the molecule is Cc1cc(C2C(c3ccccn3)NC(=S)N2c2ccc(C(C)C)cc2)c(C)n1-c1ccc(Cl)cc1Cl. The number of hydrogen-bond donors (Lipinski definition) is 1. The average molecular weight is 536 g/mol. The first-order valence-corrected chi connectivity index (χ1v) is 13.2. The van der Waals surface area contributed by atoms with Gasteiger partial charge >= 0.3 is 0 Å². The summed E-state index contributed by atoms with van der Waals surface area (Å²) in [6, 6.07) is 22.3. The van der Waals surface area contributed by atoms with E-state index in [9.17, 15) is 0 Å². The van der Waals surface area contributed by atoms with E-state index in [1.807, 2.05) is 36.5 Å². The summed E-state index contributed by atoms with van der Waals surface area (Å²) in [5.74, 6) is 0.461. The highest BCUT2D eigenvalue weighted by atomic mass is 35.5. The van der Waals surface area contributed by atoms with Crippen molar-refractivity contribution in [3.05, 3.63) is 111 Å². The molecule has 2 atom stereocenters. The minimum Gasteiger partial charge on any atom is -0.351 e. The molecule has 0 aliphatic carbocycles. The van der Waals surface area contributed by atoms with Crippen LogP contribution in [0, 0.1) is 13.8 Å². The summed E-state index contributed by atoms with van der Waals surface area (Å²) in [7, 11) is 0. The van der Waals surface area contributed by atoms with Gasteiger partial charge in [-0.05, 0) is 91.6 Å². The number of aryl methyl sites for hydroxylation is 1. The van der Waals surface area contributed by atoms with Gasteiger partial charge in [-0.25, -0.2) is 0 Å². The second-order valence-corrected chi connectivity index (χ2v) is 10.7. The van der Waals surface area contributed by atoms with Crippen molar-refractivity contribution >= 4 is 46.2 Å². The van der Waals surface area contributed by atoms with Crippen molar-refractivity contribution in [2.75, 3.05) is 4.90 Å². The van der Waals surface area contributed by atoms with E-state index in [2.05, 4.69) is 77.8 Å². The van der Waals surface area contributed by atoms with Crippen molar-refractivity contribution in [2.45, 2.75) is 45.7 Å². The van der Waals surface area contributed by atoms with E-state index in [-0.39, 0.29) is 12.1 Å². The average Bonchev–Trinajstić information content (AvgIpc) is 3.35. The van der Waals surface area contributed by atoms with Crippen molar-refractivity contribution < 1.29 is 0 Å². The van der Waals surface area contributed by atoms with E-state index in [0.29, 0.717) is 21.1 Å². The van der Waals surface area contributed by atoms with Crippen molar-refractivity contribution in [3.63, 3.8) is 0 Å². The smallest absolute Gasteiger partial charge is 0.174 e. The molecule has 2 aromatic carbocycles. The van der Waals surface area contributed by atoms with Gasteiger partial charge in [0.2, 0.25) is 0 Å². The Hall–Kier alpha value is -2.86. The van der Waals surface area contributed by atoms with Gasteiger partial charge in [-0.3, -0.25) is 4.98 Å². The lowest BCUT2D eigenvalue weighted by molar-refractivity contribution is 0.565. The Morgan fingerprint density at radius 3 is 2.36 bits per heavy atom. The molecule has 0 bridgehead atoms. The second-order valence-electron chi connectivity index (χ2n) is 9.50. The summed E-state index contributed by atoms with van der Waals surface area (Å²) in [5.41, 5.74) is 7.53. The molecule has 5 rings (SSSR count). The second kappa shape index (κ2) is 9.89. The number of anilines is 1. The molecule has 36 heavy (non-hydrogen) atoms. The summed E-state index contributed by atoms with van der Waals surface area (Å²) >= 11 is 18.7. The van der Waals surface area contributed by atoms with Crippen LogP contribution in [0.2, 0.25) is 10.0 Å². The lowest BCUT2D eigenvalue weighted by Crippen LogP contribution is -2.29. The Balaban J connectivity index is 1.67. The Bertz CT molecular complexity index is 1410. The normalized spacial score (nSPS) is 17.6. The zero-order valence-electron chi connectivity index (χ0n) is 20.7. The lowest BCUT2D eigenvalue weighted by atomic mass is 9.96. The molecule has 3 heterocycles. The third-order valence-electron chi connectivity index (χ3n) is 6.88. The van der Waals surface area contributed by atoms with Gasteiger partial charge in [0.05, 0.1) is 28.5 Å². The van der Waals surface area contributed by atoms with Crippen LogP contribution in [0.4, 0.5) is 5.69 Å².